The van der Waals surface area contributed by atoms with E-state index in [0.29, 0.717) is 5.69 Å². The van der Waals surface area contributed by atoms with Gasteiger partial charge in [-0.15, -0.1) is 0 Å². The van der Waals surface area contributed by atoms with Gasteiger partial charge in [-0.3, -0.25) is 9.71 Å². The van der Waals surface area contributed by atoms with Crippen LogP contribution < -0.4 is 10.0 Å². The Kier molecular flexibility index (Phi) is 4.80. The van der Waals surface area contributed by atoms with Crippen molar-refractivity contribution in [3.63, 3.8) is 0 Å². The number of benzene rings is 1. The Labute approximate surface area is 125 Å². The number of rotatable bonds is 6. The molecule has 0 unspecified atom stereocenters. The van der Waals surface area contributed by atoms with Gasteiger partial charge in [-0.2, -0.15) is 0 Å². The van der Waals surface area contributed by atoms with Crippen LogP contribution in [0.15, 0.2) is 48.8 Å². The van der Waals surface area contributed by atoms with Crippen LogP contribution in [0.5, 0.6) is 0 Å². The third-order valence-corrected chi connectivity index (χ3v) is 4.42. The van der Waals surface area contributed by atoms with E-state index in [2.05, 4.69) is 15.0 Å². The quantitative estimate of drug-likeness (QED) is 0.860. The summed E-state index contributed by atoms with van der Waals surface area (Å²) in [5.74, 6) is 0.0632. The molecular weight excluding hydrogens is 286 g/mol. The minimum atomic E-state index is -3.23. The number of nitrogens with one attached hydrogen (secondary N) is 2. The van der Waals surface area contributed by atoms with Gasteiger partial charge in [0.05, 0.1) is 11.4 Å². The molecule has 0 saturated carbocycles. The molecule has 0 aliphatic rings. The molecule has 1 aromatic carbocycles. The topological polar surface area (TPSA) is 71.1 Å². The fourth-order valence-corrected chi connectivity index (χ4v) is 2.51. The molecule has 0 saturated heterocycles. The fourth-order valence-electron chi connectivity index (χ4n) is 1.87. The zero-order chi connectivity index (χ0) is 15.3. The molecule has 2 N–H and O–H groups in total. The maximum Gasteiger partial charge on any atom is 0.232 e. The van der Waals surface area contributed by atoms with Gasteiger partial charge in [0.1, 0.15) is 0 Å². The van der Waals surface area contributed by atoms with Gasteiger partial charge in [0.15, 0.2) is 0 Å². The first-order valence-corrected chi connectivity index (χ1v) is 8.42. The predicted molar refractivity (Wildman–Crippen MR) is 85.8 cm³/mol. The zero-order valence-corrected chi connectivity index (χ0v) is 12.9. The molecular formula is C15H19N3O2S. The van der Waals surface area contributed by atoms with Gasteiger partial charge in [0.2, 0.25) is 10.0 Å². The largest absolute Gasteiger partial charge is 0.377 e. The Balaban J connectivity index is 2.05. The molecule has 112 valence electrons. The number of nitrogens with zero attached hydrogens (tertiary/aromatic N) is 1. The van der Waals surface area contributed by atoms with Crippen molar-refractivity contribution in [3.05, 3.63) is 54.4 Å². The van der Waals surface area contributed by atoms with Gasteiger partial charge < -0.3 is 5.32 Å². The molecule has 0 bridgehead atoms. The molecule has 0 aliphatic heterocycles. The lowest BCUT2D eigenvalue weighted by Crippen LogP contribution is -2.14. The van der Waals surface area contributed by atoms with E-state index in [-0.39, 0.29) is 11.8 Å². The van der Waals surface area contributed by atoms with Gasteiger partial charge in [-0.05, 0) is 43.7 Å². The Hall–Kier alpha value is -2.08. The van der Waals surface area contributed by atoms with E-state index in [1.165, 1.54) is 0 Å². The van der Waals surface area contributed by atoms with Gasteiger partial charge in [0, 0.05) is 24.1 Å². The molecule has 1 aromatic heterocycles. The second-order valence-corrected chi connectivity index (χ2v) is 6.75. The Morgan fingerprint density at radius 3 is 2.43 bits per heavy atom. The normalized spacial score (nSPS) is 12.7. The summed E-state index contributed by atoms with van der Waals surface area (Å²) in [5, 5.41) is 3.34. The van der Waals surface area contributed by atoms with E-state index in [0.717, 1.165) is 11.3 Å². The highest BCUT2D eigenvalue weighted by Crippen LogP contribution is 2.20. The van der Waals surface area contributed by atoms with Gasteiger partial charge in [0.25, 0.3) is 0 Å². The number of aromatic nitrogens is 1. The molecule has 0 aliphatic carbocycles. The molecule has 0 amide bonds. The summed E-state index contributed by atoms with van der Waals surface area (Å²) < 4.78 is 25.5. The second-order valence-electron chi connectivity index (χ2n) is 4.74. The van der Waals surface area contributed by atoms with Gasteiger partial charge >= 0.3 is 0 Å². The van der Waals surface area contributed by atoms with Crippen molar-refractivity contribution in [1.82, 2.24) is 4.98 Å². The second kappa shape index (κ2) is 6.58. The third kappa shape index (κ3) is 4.46. The Morgan fingerprint density at radius 1 is 1.14 bits per heavy atom. The van der Waals surface area contributed by atoms with Crippen molar-refractivity contribution >= 4 is 21.4 Å². The van der Waals surface area contributed by atoms with E-state index < -0.39 is 10.0 Å². The third-order valence-electron chi connectivity index (χ3n) is 3.11. The minimum Gasteiger partial charge on any atom is -0.377 e. The van der Waals surface area contributed by atoms with Crippen LogP contribution in [0.25, 0.3) is 0 Å². The number of sulfonamides is 1. The molecule has 0 fully saturated rings. The SMILES string of the molecule is CCS(=O)(=O)Nc1ccc([C@@H](C)Nc2cccnc2)cc1. The molecule has 6 heteroatoms. The molecule has 0 spiro atoms. The molecule has 21 heavy (non-hydrogen) atoms. The van der Waals surface area contributed by atoms with Crippen molar-refractivity contribution in [1.29, 1.82) is 0 Å². The smallest absolute Gasteiger partial charge is 0.232 e. The number of hydrogen-bond acceptors (Lipinski definition) is 4. The van der Waals surface area contributed by atoms with E-state index in [1.807, 2.05) is 31.2 Å². The summed E-state index contributed by atoms with van der Waals surface area (Å²) in [7, 11) is -3.23. The lowest BCUT2D eigenvalue weighted by Gasteiger charge is -2.16. The molecule has 1 heterocycles. The standard InChI is InChI=1S/C15H19N3O2S/c1-3-21(19,20)18-14-8-6-13(7-9-14)12(2)17-15-5-4-10-16-11-15/h4-12,17-18H,3H2,1-2H3/t12-/m1/s1. The van der Waals surface area contributed by atoms with Gasteiger partial charge in [-0.1, -0.05) is 12.1 Å². The van der Waals surface area contributed by atoms with Crippen LogP contribution in [-0.4, -0.2) is 19.2 Å². The maximum absolute atomic E-state index is 11.5. The molecule has 1 atom stereocenters. The Bertz CT molecular complexity index is 670. The first-order valence-electron chi connectivity index (χ1n) is 6.77. The zero-order valence-electron chi connectivity index (χ0n) is 12.1. The van der Waals surface area contributed by atoms with E-state index in [4.69, 9.17) is 0 Å². The summed E-state index contributed by atoms with van der Waals surface area (Å²) in [4.78, 5) is 4.06. The molecule has 5 nitrogen and oxygen atoms in total. The van der Waals surface area contributed by atoms with Crippen LogP contribution in [0.1, 0.15) is 25.5 Å². The lowest BCUT2D eigenvalue weighted by atomic mass is 10.1. The van der Waals surface area contributed by atoms with E-state index >= 15 is 0 Å². The fraction of sp³-hybridized carbons (Fsp3) is 0.267. The highest BCUT2D eigenvalue weighted by atomic mass is 32.2. The molecule has 2 rings (SSSR count). The number of anilines is 2. The Morgan fingerprint density at radius 2 is 1.86 bits per heavy atom. The summed E-state index contributed by atoms with van der Waals surface area (Å²) in [5.41, 5.74) is 2.59. The maximum atomic E-state index is 11.5. The van der Waals surface area contributed by atoms with Crippen molar-refractivity contribution in [3.8, 4) is 0 Å². The van der Waals surface area contributed by atoms with Crippen molar-refractivity contribution in [2.75, 3.05) is 15.8 Å². The average molecular weight is 305 g/mol. The van der Waals surface area contributed by atoms with Crippen LogP contribution in [0, 0.1) is 0 Å². The van der Waals surface area contributed by atoms with E-state index in [1.54, 1.807) is 31.5 Å². The summed E-state index contributed by atoms with van der Waals surface area (Å²) in [6, 6.07) is 11.3. The van der Waals surface area contributed by atoms with Crippen LogP contribution in [-0.2, 0) is 10.0 Å². The lowest BCUT2D eigenvalue weighted by molar-refractivity contribution is 0.602. The minimum absolute atomic E-state index is 0.0632. The number of hydrogen-bond donors (Lipinski definition) is 2. The first-order chi connectivity index (χ1) is 10.00. The monoisotopic (exact) mass is 305 g/mol. The van der Waals surface area contributed by atoms with Crippen LogP contribution >= 0.6 is 0 Å². The van der Waals surface area contributed by atoms with Crippen LogP contribution in [0.3, 0.4) is 0 Å². The summed E-state index contributed by atoms with van der Waals surface area (Å²) in [6.07, 6.45) is 3.49. The van der Waals surface area contributed by atoms with Gasteiger partial charge in [-0.25, -0.2) is 8.42 Å². The molecule has 2 aromatic rings. The van der Waals surface area contributed by atoms with E-state index in [9.17, 15) is 8.42 Å². The number of pyridine rings is 1. The highest BCUT2D eigenvalue weighted by Gasteiger charge is 2.08. The highest BCUT2D eigenvalue weighted by molar-refractivity contribution is 7.92. The summed E-state index contributed by atoms with van der Waals surface area (Å²) in [6.45, 7) is 3.65. The summed E-state index contributed by atoms with van der Waals surface area (Å²) >= 11 is 0. The predicted octanol–water partition coefficient (Wildman–Crippen LogP) is 3.02. The van der Waals surface area contributed by atoms with Crippen LogP contribution in [0.4, 0.5) is 11.4 Å². The van der Waals surface area contributed by atoms with Crippen molar-refractivity contribution in [2.24, 2.45) is 0 Å². The van der Waals surface area contributed by atoms with Crippen LogP contribution in [0.2, 0.25) is 0 Å². The first kappa shape index (κ1) is 15.3. The average Bonchev–Trinajstić information content (AvgIpc) is 2.48. The molecule has 0 radical (unpaired) electrons. The van der Waals surface area contributed by atoms with Crippen molar-refractivity contribution in [2.45, 2.75) is 19.9 Å². The van der Waals surface area contributed by atoms with Crippen molar-refractivity contribution < 1.29 is 8.42 Å².